The summed E-state index contributed by atoms with van der Waals surface area (Å²) in [5.41, 5.74) is 6.62. The first-order valence-corrected chi connectivity index (χ1v) is 9.52. The Morgan fingerprint density at radius 1 is 1.20 bits per heavy atom. The Morgan fingerprint density at radius 3 is 2.70 bits per heavy atom. The highest BCUT2D eigenvalue weighted by Gasteiger charge is 2.47. The highest BCUT2D eigenvalue weighted by molar-refractivity contribution is 5.95. The van der Waals surface area contributed by atoms with Gasteiger partial charge in [0.1, 0.15) is 5.69 Å². The number of aryl methyl sites for hydroxylation is 1. The zero-order valence-electron chi connectivity index (χ0n) is 16.1. The number of nitrogens with one attached hydrogen (secondary N) is 1. The Kier molecular flexibility index (Phi) is 4.21. The third-order valence-corrected chi connectivity index (χ3v) is 5.60. The average molecular weight is 416 g/mol. The number of hydrogen-bond acceptors (Lipinski definition) is 7. The quantitative estimate of drug-likeness (QED) is 0.675. The number of fused-ring (bicyclic) bond motifs is 2. The van der Waals surface area contributed by atoms with Gasteiger partial charge in [-0.2, -0.15) is 18.3 Å². The van der Waals surface area contributed by atoms with E-state index >= 15 is 0 Å². The molecule has 7 nitrogen and oxygen atoms in total. The fourth-order valence-corrected chi connectivity index (χ4v) is 3.88. The van der Waals surface area contributed by atoms with Crippen LogP contribution < -0.4 is 16.0 Å². The van der Waals surface area contributed by atoms with E-state index in [1.165, 1.54) is 6.07 Å². The number of nitrogens with two attached hydrogens (primary N) is 1. The van der Waals surface area contributed by atoms with Crippen LogP contribution in [0.3, 0.4) is 0 Å². The summed E-state index contributed by atoms with van der Waals surface area (Å²) in [7, 11) is 0. The van der Waals surface area contributed by atoms with Crippen LogP contribution in [0.25, 0.3) is 10.8 Å². The molecule has 0 bridgehead atoms. The summed E-state index contributed by atoms with van der Waals surface area (Å²) >= 11 is 0. The molecule has 156 valence electrons. The zero-order chi connectivity index (χ0) is 21.0. The molecule has 2 atom stereocenters. The van der Waals surface area contributed by atoms with Crippen molar-refractivity contribution < 1.29 is 17.9 Å². The predicted octanol–water partition coefficient (Wildman–Crippen LogP) is 3.13. The lowest BCUT2D eigenvalue weighted by molar-refractivity contribution is -0.141. The summed E-state index contributed by atoms with van der Waals surface area (Å²) in [6.07, 6.45) is -4.25. The Labute approximate surface area is 170 Å². The molecule has 3 N–H and O–H groups in total. The number of rotatable bonds is 4. The molecule has 2 aromatic heterocycles. The van der Waals surface area contributed by atoms with Gasteiger partial charge in [0.05, 0.1) is 36.7 Å². The molecule has 0 saturated carbocycles. The van der Waals surface area contributed by atoms with E-state index in [-0.39, 0.29) is 17.9 Å². The van der Waals surface area contributed by atoms with E-state index < -0.39 is 11.9 Å². The predicted molar refractivity (Wildman–Crippen MR) is 106 cm³/mol. The van der Waals surface area contributed by atoms with Crippen molar-refractivity contribution in [2.24, 2.45) is 0 Å². The van der Waals surface area contributed by atoms with E-state index in [2.05, 4.69) is 25.4 Å². The largest absolute Gasteiger partial charge is 0.433 e. The molecule has 5 rings (SSSR count). The maximum atomic E-state index is 13.0. The Morgan fingerprint density at radius 2 is 2.03 bits per heavy atom. The van der Waals surface area contributed by atoms with Gasteiger partial charge in [-0.15, -0.1) is 5.10 Å². The van der Waals surface area contributed by atoms with Gasteiger partial charge in [0.25, 0.3) is 0 Å². The fourth-order valence-electron chi connectivity index (χ4n) is 3.88. The number of ether oxygens (including phenoxy) is 1. The number of nitrogens with zero attached hydrogens (tertiary/aromatic N) is 4. The second-order valence-electron chi connectivity index (χ2n) is 7.58. The van der Waals surface area contributed by atoms with Crippen LogP contribution in [0.4, 0.5) is 30.4 Å². The molecule has 2 fully saturated rings. The SMILES string of the molecule is Cc1nnc(NCc2cc(N)cc(C(F)(F)F)n2)c2cc(N3C[C@@H]4OCC43)ccc12. The van der Waals surface area contributed by atoms with Crippen molar-refractivity contribution in [3.8, 4) is 0 Å². The number of pyridine rings is 1. The fraction of sp³-hybridized carbons (Fsp3) is 0.350. The number of anilines is 3. The molecule has 0 spiro atoms. The molecule has 2 aliphatic heterocycles. The van der Waals surface area contributed by atoms with Gasteiger partial charge in [-0.1, -0.05) is 6.07 Å². The second kappa shape index (κ2) is 6.69. The van der Waals surface area contributed by atoms with Gasteiger partial charge in [-0.3, -0.25) is 0 Å². The van der Waals surface area contributed by atoms with Crippen molar-refractivity contribution in [1.29, 1.82) is 0 Å². The van der Waals surface area contributed by atoms with Crippen LogP contribution >= 0.6 is 0 Å². The highest BCUT2D eigenvalue weighted by Crippen LogP contribution is 2.37. The normalized spacial score (nSPS) is 20.5. The van der Waals surface area contributed by atoms with Gasteiger partial charge >= 0.3 is 6.18 Å². The molecule has 30 heavy (non-hydrogen) atoms. The van der Waals surface area contributed by atoms with Crippen LogP contribution in [0.1, 0.15) is 17.1 Å². The van der Waals surface area contributed by atoms with E-state index in [9.17, 15) is 13.2 Å². The van der Waals surface area contributed by atoms with Gasteiger partial charge in [0.2, 0.25) is 0 Å². The summed E-state index contributed by atoms with van der Waals surface area (Å²) in [6.45, 7) is 3.48. The topological polar surface area (TPSA) is 89.2 Å². The van der Waals surface area contributed by atoms with Crippen LogP contribution in [-0.2, 0) is 17.5 Å². The molecule has 0 aliphatic carbocycles. The molecule has 1 unspecified atom stereocenters. The van der Waals surface area contributed by atoms with Crippen molar-refractivity contribution in [1.82, 2.24) is 15.2 Å². The molecule has 0 amide bonds. The van der Waals surface area contributed by atoms with Crippen molar-refractivity contribution in [3.05, 3.63) is 47.4 Å². The first-order valence-electron chi connectivity index (χ1n) is 9.52. The summed E-state index contributed by atoms with van der Waals surface area (Å²) in [6, 6.07) is 8.71. The first-order chi connectivity index (χ1) is 14.3. The van der Waals surface area contributed by atoms with Gasteiger partial charge in [0, 0.05) is 28.7 Å². The average Bonchev–Trinajstić information content (AvgIpc) is 2.68. The molecular weight excluding hydrogens is 397 g/mol. The molecule has 10 heteroatoms. The van der Waals surface area contributed by atoms with Crippen molar-refractivity contribution in [2.45, 2.75) is 31.8 Å². The molecule has 2 aliphatic rings. The van der Waals surface area contributed by atoms with Gasteiger partial charge in [-0.05, 0) is 31.2 Å². The summed E-state index contributed by atoms with van der Waals surface area (Å²) in [5, 5.41) is 13.2. The van der Waals surface area contributed by atoms with E-state index in [0.29, 0.717) is 18.0 Å². The van der Waals surface area contributed by atoms with Gasteiger partial charge in [0.15, 0.2) is 5.82 Å². The Bertz CT molecular complexity index is 1140. The minimum atomic E-state index is -4.56. The summed E-state index contributed by atoms with van der Waals surface area (Å²) < 4.78 is 44.5. The monoisotopic (exact) mass is 416 g/mol. The minimum absolute atomic E-state index is 0.00585. The number of morpholine rings is 1. The van der Waals surface area contributed by atoms with E-state index in [1.807, 2.05) is 25.1 Å². The van der Waals surface area contributed by atoms with Crippen molar-refractivity contribution in [3.63, 3.8) is 0 Å². The van der Waals surface area contributed by atoms with Crippen LogP contribution in [0, 0.1) is 6.92 Å². The number of hydrogen-bond donors (Lipinski definition) is 2. The van der Waals surface area contributed by atoms with Crippen LogP contribution in [0.15, 0.2) is 30.3 Å². The van der Waals surface area contributed by atoms with Crippen LogP contribution in [0.5, 0.6) is 0 Å². The highest BCUT2D eigenvalue weighted by atomic mass is 19.4. The molecule has 4 heterocycles. The Hall–Kier alpha value is -3.14. The summed E-state index contributed by atoms with van der Waals surface area (Å²) in [4.78, 5) is 5.95. The molecular formula is C20H19F3N6O. The second-order valence-corrected chi connectivity index (χ2v) is 7.58. The summed E-state index contributed by atoms with van der Waals surface area (Å²) in [5.74, 6) is 0.483. The zero-order valence-corrected chi connectivity index (χ0v) is 16.1. The lowest BCUT2D eigenvalue weighted by Gasteiger charge is -2.56. The lowest BCUT2D eigenvalue weighted by atomic mass is 9.93. The standard InChI is InChI=1S/C20H19F3N6O/c1-10-14-3-2-13(29-8-17-16(29)9-30-17)6-15(14)19(28-27-10)25-7-12-4-11(24)5-18(26-12)20(21,22)23/h2-6,16-17H,7-9H2,1H3,(H2,24,26)(H,25,28)/t16?,17-/m0/s1. The third kappa shape index (κ3) is 3.17. The van der Waals surface area contributed by atoms with Crippen LogP contribution in [-0.4, -0.2) is 40.5 Å². The first kappa shape index (κ1) is 18.9. The maximum Gasteiger partial charge on any atom is 0.433 e. The van der Waals surface area contributed by atoms with Gasteiger partial charge < -0.3 is 20.7 Å². The van der Waals surface area contributed by atoms with Crippen LogP contribution in [0.2, 0.25) is 0 Å². The Balaban J connectivity index is 1.44. The number of nitrogen functional groups attached to an aromatic ring is 1. The van der Waals surface area contributed by atoms with E-state index in [0.717, 1.165) is 41.4 Å². The van der Waals surface area contributed by atoms with E-state index in [4.69, 9.17) is 10.5 Å². The number of aromatic nitrogens is 3. The van der Waals surface area contributed by atoms with E-state index in [1.54, 1.807) is 0 Å². The maximum absolute atomic E-state index is 13.0. The van der Waals surface area contributed by atoms with Crippen molar-refractivity contribution >= 4 is 28.0 Å². The van der Waals surface area contributed by atoms with Crippen molar-refractivity contribution in [2.75, 3.05) is 29.1 Å². The molecule has 1 aromatic carbocycles. The van der Waals surface area contributed by atoms with Gasteiger partial charge in [-0.25, -0.2) is 4.98 Å². The third-order valence-electron chi connectivity index (χ3n) is 5.60. The molecule has 2 saturated heterocycles. The number of alkyl halides is 3. The minimum Gasteiger partial charge on any atom is -0.399 e. The lowest BCUT2D eigenvalue weighted by Crippen LogP contribution is -2.70. The number of halogens is 3. The number of benzene rings is 1. The smallest absolute Gasteiger partial charge is 0.399 e. The molecule has 3 aromatic rings. The molecule has 0 radical (unpaired) electrons.